The van der Waals surface area contributed by atoms with Crippen molar-refractivity contribution in [1.29, 1.82) is 0 Å². The van der Waals surface area contributed by atoms with E-state index in [0.717, 1.165) is 29.7 Å². The van der Waals surface area contributed by atoms with Gasteiger partial charge in [-0.15, -0.1) is 10.2 Å². The molecule has 0 unspecified atom stereocenters. The summed E-state index contributed by atoms with van der Waals surface area (Å²) in [5.74, 6) is 1.55. The van der Waals surface area contributed by atoms with Crippen LogP contribution in [0.15, 0.2) is 58.4 Å². The Kier molecular flexibility index (Phi) is 5.57. The standard InChI is InChI=1S/C20H20N4O3S/c1-26-17-8-4-14(5-9-17)12-24(16-6-7-16)18(25)13-28-20-23-22-19(27-20)15-3-2-10-21-11-15/h2-5,8-11,16H,6-7,12-13H2,1H3. The van der Waals surface area contributed by atoms with Crippen molar-refractivity contribution in [3.63, 3.8) is 0 Å². The van der Waals surface area contributed by atoms with Gasteiger partial charge in [-0.2, -0.15) is 0 Å². The maximum Gasteiger partial charge on any atom is 0.277 e. The summed E-state index contributed by atoms with van der Waals surface area (Å²) in [6, 6.07) is 11.8. The largest absolute Gasteiger partial charge is 0.497 e. The number of nitrogens with zero attached hydrogens (tertiary/aromatic N) is 4. The fraction of sp³-hybridized carbons (Fsp3) is 0.300. The van der Waals surface area contributed by atoms with Crippen molar-refractivity contribution in [2.24, 2.45) is 0 Å². The average Bonchev–Trinajstić information content (AvgIpc) is 3.48. The molecule has 0 atom stereocenters. The number of carbonyl (C=O) groups is 1. The molecule has 0 radical (unpaired) electrons. The zero-order valence-electron chi connectivity index (χ0n) is 15.4. The second kappa shape index (κ2) is 8.43. The summed E-state index contributed by atoms with van der Waals surface area (Å²) >= 11 is 1.26. The molecule has 4 rings (SSSR count). The summed E-state index contributed by atoms with van der Waals surface area (Å²) in [5, 5.41) is 8.43. The Morgan fingerprint density at radius 3 is 2.75 bits per heavy atom. The molecule has 8 heteroatoms. The van der Waals surface area contributed by atoms with E-state index in [0.29, 0.717) is 23.7 Å². The van der Waals surface area contributed by atoms with Gasteiger partial charge in [0.1, 0.15) is 5.75 Å². The van der Waals surface area contributed by atoms with Crippen LogP contribution in [0, 0.1) is 0 Å². The van der Waals surface area contributed by atoms with E-state index < -0.39 is 0 Å². The average molecular weight is 396 g/mol. The van der Waals surface area contributed by atoms with Gasteiger partial charge in [0, 0.05) is 25.0 Å². The Hall–Kier alpha value is -2.87. The Labute approximate surface area is 167 Å². The molecule has 2 heterocycles. The first-order valence-corrected chi connectivity index (χ1v) is 10.0. The molecule has 7 nitrogen and oxygen atoms in total. The number of pyridine rings is 1. The van der Waals surface area contributed by atoms with Gasteiger partial charge in [-0.25, -0.2) is 0 Å². The van der Waals surface area contributed by atoms with Gasteiger partial charge in [0.2, 0.25) is 11.8 Å². The first-order chi connectivity index (χ1) is 13.7. The molecule has 2 aromatic heterocycles. The lowest BCUT2D eigenvalue weighted by Gasteiger charge is -2.22. The Balaban J connectivity index is 1.36. The van der Waals surface area contributed by atoms with Crippen LogP contribution in [0.4, 0.5) is 0 Å². The van der Waals surface area contributed by atoms with E-state index in [4.69, 9.17) is 9.15 Å². The number of carbonyl (C=O) groups excluding carboxylic acids is 1. The SMILES string of the molecule is COc1ccc(CN(C(=O)CSc2nnc(-c3cccnc3)o2)C2CC2)cc1. The Morgan fingerprint density at radius 2 is 2.07 bits per heavy atom. The molecule has 0 N–H and O–H groups in total. The topological polar surface area (TPSA) is 81.4 Å². The number of hydrogen-bond acceptors (Lipinski definition) is 7. The van der Waals surface area contributed by atoms with Crippen molar-refractivity contribution in [1.82, 2.24) is 20.1 Å². The number of amides is 1. The first kappa shape index (κ1) is 18.5. The van der Waals surface area contributed by atoms with Gasteiger partial charge in [-0.3, -0.25) is 9.78 Å². The molecule has 0 bridgehead atoms. The number of rotatable bonds is 8. The number of benzene rings is 1. The molecule has 0 saturated heterocycles. The quantitative estimate of drug-likeness (QED) is 0.540. The van der Waals surface area contributed by atoms with Gasteiger partial charge in [-0.05, 0) is 42.7 Å². The minimum atomic E-state index is 0.0736. The molecule has 1 saturated carbocycles. The summed E-state index contributed by atoms with van der Waals surface area (Å²) < 4.78 is 10.8. The van der Waals surface area contributed by atoms with Crippen LogP contribution in [-0.2, 0) is 11.3 Å². The predicted octanol–water partition coefficient (Wildman–Crippen LogP) is 3.42. The van der Waals surface area contributed by atoms with E-state index in [1.807, 2.05) is 41.3 Å². The molecule has 0 spiro atoms. The fourth-order valence-electron chi connectivity index (χ4n) is 2.82. The number of thioether (sulfide) groups is 1. The molecule has 1 aromatic carbocycles. The molecular formula is C20H20N4O3S. The number of ether oxygens (including phenoxy) is 1. The van der Waals surface area contributed by atoms with Gasteiger partial charge >= 0.3 is 0 Å². The highest BCUT2D eigenvalue weighted by atomic mass is 32.2. The monoisotopic (exact) mass is 396 g/mol. The lowest BCUT2D eigenvalue weighted by Crippen LogP contribution is -2.33. The third-order valence-electron chi connectivity index (χ3n) is 4.45. The molecule has 144 valence electrons. The van der Waals surface area contributed by atoms with Crippen LogP contribution in [-0.4, -0.2) is 44.9 Å². The van der Waals surface area contributed by atoms with E-state index >= 15 is 0 Å². The lowest BCUT2D eigenvalue weighted by atomic mass is 10.2. The highest BCUT2D eigenvalue weighted by molar-refractivity contribution is 7.99. The zero-order chi connectivity index (χ0) is 19.3. The van der Waals surface area contributed by atoms with Crippen molar-refractivity contribution in [3.8, 4) is 17.2 Å². The molecular weight excluding hydrogens is 376 g/mol. The Bertz CT molecular complexity index is 926. The highest BCUT2D eigenvalue weighted by Gasteiger charge is 2.32. The molecule has 0 aliphatic heterocycles. The van der Waals surface area contributed by atoms with Crippen LogP contribution < -0.4 is 4.74 Å². The van der Waals surface area contributed by atoms with Crippen LogP contribution in [0.5, 0.6) is 5.75 Å². The fourth-order valence-corrected chi connectivity index (χ4v) is 3.46. The summed E-state index contributed by atoms with van der Waals surface area (Å²) in [6.45, 7) is 0.596. The number of hydrogen-bond donors (Lipinski definition) is 0. The van der Waals surface area contributed by atoms with Crippen LogP contribution in [0.3, 0.4) is 0 Å². The van der Waals surface area contributed by atoms with Crippen LogP contribution in [0.25, 0.3) is 11.5 Å². The van der Waals surface area contributed by atoms with Crippen LogP contribution in [0.1, 0.15) is 18.4 Å². The van der Waals surface area contributed by atoms with E-state index in [-0.39, 0.29) is 11.7 Å². The summed E-state index contributed by atoms with van der Waals surface area (Å²) in [7, 11) is 1.64. The first-order valence-electron chi connectivity index (χ1n) is 9.02. The molecule has 1 aliphatic rings. The van der Waals surface area contributed by atoms with E-state index in [2.05, 4.69) is 15.2 Å². The van der Waals surface area contributed by atoms with Crippen molar-refractivity contribution < 1.29 is 13.9 Å². The summed E-state index contributed by atoms with van der Waals surface area (Å²) in [4.78, 5) is 18.8. The second-order valence-corrected chi connectivity index (χ2v) is 7.43. The van der Waals surface area contributed by atoms with E-state index in [1.165, 1.54) is 11.8 Å². The predicted molar refractivity (Wildman–Crippen MR) is 105 cm³/mol. The third-order valence-corrected chi connectivity index (χ3v) is 5.26. The van der Waals surface area contributed by atoms with Crippen molar-refractivity contribution in [3.05, 3.63) is 54.4 Å². The second-order valence-electron chi connectivity index (χ2n) is 6.50. The van der Waals surface area contributed by atoms with Crippen molar-refractivity contribution >= 4 is 17.7 Å². The Morgan fingerprint density at radius 1 is 1.25 bits per heavy atom. The molecule has 3 aromatic rings. The number of aromatic nitrogens is 3. The van der Waals surface area contributed by atoms with Crippen molar-refractivity contribution in [2.75, 3.05) is 12.9 Å². The van der Waals surface area contributed by atoms with Gasteiger partial charge in [-0.1, -0.05) is 23.9 Å². The van der Waals surface area contributed by atoms with Gasteiger partial charge < -0.3 is 14.1 Å². The maximum atomic E-state index is 12.8. The van der Waals surface area contributed by atoms with Gasteiger partial charge in [0.25, 0.3) is 5.22 Å². The minimum Gasteiger partial charge on any atom is -0.497 e. The summed E-state index contributed by atoms with van der Waals surface area (Å²) in [6.07, 6.45) is 5.46. The maximum absolute atomic E-state index is 12.8. The summed E-state index contributed by atoms with van der Waals surface area (Å²) in [5.41, 5.74) is 1.84. The van der Waals surface area contributed by atoms with E-state index in [1.54, 1.807) is 19.5 Å². The van der Waals surface area contributed by atoms with Crippen LogP contribution >= 0.6 is 11.8 Å². The van der Waals surface area contributed by atoms with Crippen LogP contribution in [0.2, 0.25) is 0 Å². The molecule has 1 amide bonds. The number of methoxy groups -OCH3 is 1. The van der Waals surface area contributed by atoms with Gasteiger partial charge in [0.15, 0.2) is 0 Å². The molecule has 28 heavy (non-hydrogen) atoms. The smallest absolute Gasteiger partial charge is 0.277 e. The van der Waals surface area contributed by atoms with Gasteiger partial charge in [0.05, 0.1) is 18.4 Å². The highest BCUT2D eigenvalue weighted by Crippen LogP contribution is 2.30. The zero-order valence-corrected chi connectivity index (χ0v) is 16.3. The minimum absolute atomic E-state index is 0.0736. The molecule has 1 fully saturated rings. The van der Waals surface area contributed by atoms with Crippen molar-refractivity contribution in [2.45, 2.75) is 30.7 Å². The molecule has 1 aliphatic carbocycles. The normalized spacial score (nSPS) is 13.3. The van der Waals surface area contributed by atoms with E-state index in [9.17, 15) is 4.79 Å². The lowest BCUT2D eigenvalue weighted by molar-refractivity contribution is -0.129. The third kappa shape index (κ3) is 4.51.